The third kappa shape index (κ3) is 4.99. The molecule has 0 saturated heterocycles. The fraction of sp³-hybridized carbons (Fsp3) is 0.182. The first-order valence-corrected chi connectivity index (χ1v) is 7.53. The Morgan fingerprint density at radius 2 is 2.16 bits per heavy atom. The van der Waals surface area contributed by atoms with Gasteiger partial charge in [0.2, 0.25) is 0 Å². The Bertz CT molecular complexity index is 600. The molecule has 5 nitrogen and oxygen atoms in total. The third-order valence-electron chi connectivity index (χ3n) is 2.15. The molecule has 0 fully saturated rings. The van der Waals surface area contributed by atoms with Crippen LogP contribution < -0.4 is 5.32 Å². The molecule has 1 amide bonds. The maximum Gasteiger partial charge on any atom is 0.404 e. The molecule has 0 atom stereocenters. The lowest BCUT2D eigenvalue weighted by Gasteiger charge is -2.08. The lowest BCUT2D eigenvalue weighted by Crippen LogP contribution is -2.25. The Balaban J connectivity index is 2.87. The van der Waals surface area contributed by atoms with Crippen LogP contribution >= 0.6 is 15.9 Å². The van der Waals surface area contributed by atoms with E-state index in [1.807, 2.05) is 5.32 Å². The zero-order valence-corrected chi connectivity index (χ0v) is 12.0. The number of halogens is 2. The van der Waals surface area contributed by atoms with Crippen molar-refractivity contribution < 1.29 is 22.7 Å². The first-order valence-electron chi connectivity index (χ1n) is 5.08. The van der Waals surface area contributed by atoms with Crippen LogP contribution in [0.3, 0.4) is 0 Å². The fourth-order valence-electron chi connectivity index (χ4n) is 1.30. The van der Waals surface area contributed by atoms with Crippen LogP contribution in [-0.4, -0.2) is 31.9 Å². The van der Waals surface area contributed by atoms with Gasteiger partial charge in [0.05, 0.1) is 17.0 Å². The van der Waals surface area contributed by atoms with Gasteiger partial charge in [-0.05, 0) is 23.8 Å². The van der Waals surface area contributed by atoms with Gasteiger partial charge in [-0.15, -0.1) is 0 Å². The molecule has 0 heterocycles. The highest BCUT2D eigenvalue weighted by atomic mass is 79.9. The molecule has 1 rings (SSSR count). The van der Waals surface area contributed by atoms with E-state index in [1.165, 1.54) is 12.1 Å². The second kappa shape index (κ2) is 6.67. The number of carbonyl (C=O) groups is 1. The van der Waals surface area contributed by atoms with Gasteiger partial charge in [-0.1, -0.05) is 22.0 Å². The Kier molecular flexibility index (Phi) is 5.49. The van der Waals surface area contributed by atoms with Crippen LogP contribution in [0, 0.1) is 0 Å². The summed E-state index contributed by atoms with van der Waals surface area (Å²) in [5.74, 6) is -0.583. The number of benzene rings is 1. The van der Waals surface area contributed by atoms with Crippen molar-refractivity contribution in [2.75, 3.05) is 12.3 Å². The summed E-state index contributed by atoms with van der Waals surface area (Å²) >= 11 is 3.14. The normalized spacial score (nSPS) is 12.2. The molecular weight excluding hydrogens is 341 g/mol. The van der Waals surface area contributed by atoms with Gasteiger partial charge >= 0.3 is 6.09 Å². The van der Waals surface area contributed by atoms with E-state index >= 15 is 0 Å². The number of hydrogen-bond acceptors (Lipinski definition) is 3. The first kappa shape index (κ1) is 15.6. The van der Waals surface area contributed by atoms with Crippen molar-refractivity contribution >= 4 is 31.9 Å². The highest BCUT2D eigenvalue weighted by molar-refractivity contribution is 9.10. The van der Waals surface area contributed by atoms with E-state index < -0.39 is 21.7 Å². The van der Waals surface area contributed by atoms with E-state index in [2.05, 4.69) is 15.9 Å². The maximum absolute atomic E-state index is 12.6. The topological polar surface area (TPSA) is 83.5 Å². The van der Waals surface area contributed by atoms with Gasteiger partial charge in [0, 0.05) is 11.0 Å². The largest absolute Gasteiger partial charge is 0.465 e. The van der Waals surface area contributed by atoms with Crippen LogP contribution in [0.2, 0.25) is 0 Å². The average molecular weight is 352 g/mol. The monoisotopic (exact) mass is 351 g/mol. The SMILES string of the molecule is O=C(O)NC/C(=C\F)CS(=O)(=O)c1cccc(Br)c1. The second-order valence-corrected chi connectivity index (χ2v) is 6.55. The summed E-state index contributed by atoms with van der Waals surface area (Å²) in [5.41, 5.74) is -0.164. The van der Waals surface area contributed by atoms with Crippen molar-refractivity contribution in [2.45, 2.75) is 4.90 Å². The van der Waals surface area contributed by atoms with Gasteiger partial charge in [0.1, 0.15) is 0 Å². The molecule has 0 aromatic heterocycles. The molecule has 0 spiro atoms. The minimum absolute atomic E-state index is 0.0385. The third-order valence-corrected chi connectivity index (χ3v) is 4.37. The van der Waals surface area contributed by atoms with Gasteiger partial charge in [-0.3, -0.25) is 0 Å². The molecule has 0 aliphatic carbocycles. The average Bonchev–Trinajstić information content (AvgIpc) is 2.34. The van der Waals surface area contributed by atoms with Crippen molar-refractivity contribution in [1.82, 2.24) is 5.32 Å². The van der Waals surface area contributed by atoms with E-state index in [4.69, 9.17) is 5.11 Å². The van der Waals surface area contributed by atoms with Crippen LogP contribution in [0.25, 0.3) is 0 Å². The predicted octanol–water partition coefficient (Wildman–Crippen LogP) is 2.34. The molecule has 19 heavy (non-hydrogen) atoms. The van der Waals surface area contributed by atoms with Crippen LogP contribution in [0.4, 0.5) is 9.18 Å². The molecule has 104 valence electrons. The highest BCUT2D eigenvalue weighted by Crippen LogP contribution is 2.18. The maximum atomic E-state index is 12.6. The van der Waals surface area contributed by atoms with Crippen LogP contribution in [0.5, 0.6) is 0 Å². The summed E-state index contributed by atoms with van der Waals surface area (Å²) in [6.07, 6.45) is -1.25. The Labute approximate surface area is 118 Å². The van der Waals surface area contributed by atoms with Crippen LogP contribution in [0.1, 0.15) is 0 Å². The van der Waals surface area contributed by atoms with E-state index in [-0.39, 0.29) is 23.3 Å². The molecule has 2 N–H and O–H groups in total. The van der Waals surface area contributed by atoms with E-state index in [0.29, 0.717) is 4.47 Å². The number of carboxylic acid groups (broad SMARTS) is 1. The molecule has 8 heteroatoms. The standard InChI is InChI=1S/C11H11BrFNO4S/c12-9-2-1-3-10(4-9)19(17,18)7-8(5-13)6-14-11(15)16/h1-5,14H,6-7H2,(H,15,16)/b8-5+. The van der Waals surface area contributed by atoms with Crippen LogP contribution in [-0.2, 0) is 9.84 Å². The first-order chi connectivity index (χ1) is 8.85. The minimum Gasteiger partial charge on any atom is -0.465 e. The Morgan fingerprint density at radius 3 is 2.68 bits per heavy atom. The van der Waals surface area contributed by atoms with Gasteiger partial charge in [-0.2, -0.15) is 0 Å². The number of amides is 1. The van der Waals surface area contributed by atoms with Crippen molar-refractivity contribution in [1.29, 1.82) is 0 Å². The van der Waals surface area contributed by atoms with Crippen molar-refractivity contribution in [2.24, 2.45) is 0 Å². The molecule has 0 saturated carbocycles. The second-order valence-electron chi connectivity index (χ2n) is 3.64. The lowest BCUT2D eigenvalue weighted by atomic mass is 10.3. The highest BCUT2D eigenvalue weighted by Gasteiger charge is 2.17. The minimum atomic E-state index is -3.71. The number of sulfone groups is 1. The fourth-order valence-corrected chi connectivity index (χ4v) is 3.26. The van der Waals surface area contributed by atoms with Crippen LogP contribution in [0.15, 0.2) is 45.5 Å². The molecule has 0 bridgehead atoms. The van der Waals surface area contributed by atoms with Gasteiger partial charge < -0.3 is 10.4 Å². The smallest absolute Gasteiger partial charge is 0.404 e. The van der Waals surface area contributed by atoms with Gasteiger partial charge in [-0.25, -0.2) is 17.6 Å². The zero-order chi connectivity index (χ0) is 14.5. The number of rotatable bonds is 5. The zero-order valence-electron chi connectivity index (χ0n) is 9.64. The van der Waals surface area contributed by atoms with E-state index in [1.54, 1.807) is 12.1 Å². The number of hydrogen-bond donors (Lipinski definition) is 2. The van der Waals surface area contributed by atoms with E-state index in [0.717, 1.165) is 0 Å². The summed E-state index contributed by atoms with van der Waals surface area (Å²) in [4.78, 5) is 10.3. The Morgan fingerprint density at radius 1 is 1.47 bits per heavy atom. The van der Waals surface area contributed by atoms with Crippen molar-refractivity contribution in [3.05, 3.63) is 40.6 Å². The van der Waals surface area contributed by atoms with Gasteiger partial charge in [0.25, 0.3) is 0 Å². The summed E-state index contributed by atoms with van der Waals surface area (Å²) in [6.45, 7) is -0.376. The predicted molar refractivity (Wildman–Crippen MR) is 71.4 cm³/mol. The summed E-state index contributed by atoms with van der Waals surface area (Å²) in [7, 11) is -3.71. The lowest BCUT2D eigenvalue weighted by molar-refractivity contribution is 0.195. The van der Waals surface area contributed by atoms with Gasteiger partial charge in [0.15, 0.2) is 9.84 Å². The molecule has 0 radical (unpaired) electrons. The van der Waals surface area contributed by atoms with Crippen molar-refractivity contribution in [3.63, 3.8) is 0 Å². The van der Waals surface area contributed by atoms with Crippen molar-refractivity contribution in [3.8, 4) is 0 Å². The molecule has 1 aromatic rings. The molecule has 0 unspecified atom stereocenters. The molecular formula is C11H11BrFNO4S. The quantitative estimate of drug-likeness (QED) is 0.852. The Hall–Kier alpha value is -1.41. The summed E-state index contributed by atoms with van der Waals surface area (Å²) in [5, 5.41) is 10.3. The molecule has 1 aromatic carbocycles. The molecule has 0 aliphatic rings. The number of nitrogens with one attached hydrogen (secondary N) is 1. The van der Waals surface area contributed by atoms with E-state index in [9.17, 15) is 17.6 Å². The summed E-state index contributed by atoms with van der Waals surface area (Å²) < 4.78 is 37.1. The summed E-state index contributed by atoms with van der Waals surface area (Å²) in [6, 6.07) is 6.00. The molecule has 0 aliphatic heterocycles.